The van der Waals surface area contributed by atoms with Crippen LogP contribution in [0.4, 0.5) is 0 Å². The van der Waals surface area contributed by atoms with Gasteiger partial charge in [-0.3, -0.25) is 0 Å². The standard InChI is InChI=1S/C17H26N2O2/c1-20-14-7-5-13(6-8-14)11-19-16-4-2-3-15(16)17-12-21-10-9-18-17/h5-8,15-19H,2-4,9-12H2,1H3. The zero-order valence-corrected chi connectivity index (χ0v) is 12.8. The number of methoxy groups -OCH3 is 1. The fraction of sp³-hybridized carbons (Fsp3) is 0.647. The SMILES string of the molecule is COc1ccc(CNC2CCCC2C2COCCN2)cc1. The molecule has 4 nitrogen and oxygen atoms in total. The normalized spacial score (nSPS) is 29.5. The number of ether oxygens (including phenoxy) is 2. The molecule has 1 aromatic rings. The molecule has 1 heterocycles. The van der Waals surface area contributed by atoms with E-state index in [1.807, 2.05) is 12.1 Å². The molecule has 2 aliphatic rings. The Balaban J connectivity index is 1.53. The summed E-state index contributed by atoms with van der Waals surface area (Å²) in [6.07, 6.45) is 3.91. The van der Waals surface area contributed by atoms with E-state index in [-0.39, 0.29) is 0 Å². The first kappa shape index (κ1) is 14.8. The smallest absolute Gasteiger partial charge is 0.118 e. The number of nitrogens with one attached hydrogen (secondary N) is 2. The van der Waals surface area contributed by atoms with Crippen LogP contribution in [0.3, 0.4) is 0 Å². The summed E-state index contributed by atoms with van der Waals surface area (Å²) in [6, 6.07) is 9.45. The summed E-state index contributed by atoms with van der Waals surface area (Å²) in [7, 11) is 1.70. The maximum absolute atomic E-state index is 5.63. The molecule has 3 atom stereocenters. The van der Waals surface area contributed by atoms with Gasteiger partial charge in [0.1, 0.15) is 5.75 Å². The van der Waals surface area contributed by atoms with E-state index in [0.717, 1.165) is 32.1 Å². The van der Waals surface area contributed by atoms with Gasteiger partial charge in [-0.1, -0.05) is 18.6 Å². The average molecular weight is 290 g/mol. The summed E-state index contributed by atoms with van der Waals surface area (Å²) in [6.45, 7) is 3.64. The average Bonchev–Trinajstić information content (AvgIpc) is 3.03. The van der Waals surface area contributed by atoms with Gasteiger partial charge in [0.2, 0.25) is 0 Å². The second-order valence-electron chi connectivity index (χ2n) is 6.07. The van der Waals surface area contributed by atoms with E-state index in [1.165, 1.54) is 24.8 Å². The second-order valence-corrected chi connectivity index (χ2v) is 6.07. The van der Waals surface area contributed by atoms with Crippen LogP contribution < -0.4 is 15.4 Å². The lowest BCUT2D eigenvalue weighted by molar-refractivity contribution is 0.0524. The molecule has 2 fully saturated rings. The first-order valence-corrected chi connectivity index (χ1v) is 8.04. The molecule has 116 valence electrons. The van der Waals surface area contributed by atoms with E-state index in [1.54, 1.807) is 7.11 Å². The Morgan fingerprint density at radius 3 is 2.86 bits per heavy atom. The minimum Gasteiger partial charge on any atom is -0.497 e. The van der Waals surface area contributed by atoms with Gasteiger partial charge >= 0.3 is 0 Å². The topological polar surface area (TPSA) is 42.5 Å². The number of morpholine rings is 1. The van der Waals surface area contributed by atoms with Crippen LogP contribution in [0, 0.1) is 5.92 Å². The molecule has 3 unspecified atom stereocenters. The van der Waals surface area contributed by atoms with E-state index in [2.05, 4.69) is 22.8 Å². The van der Waals surface area contributed by atoms with E-state index < -0.39 is 0 Å². The van der Waals surface area contributed by atoms with Crippen molar-refractivity contribution in [2.75, 3.05) is 26.9 Å². The highest BCUT2D eigenvalue weighted by atomic mass is 16.5. The van der Waals surface area contributed by atoms with Crippen LogP contribution in [0.5, 0.6) is 5.75 Å². The summed E-state index contributed by atoms with van der Waals surface area (Å²) >= 11 is 0. The molecule has 1 aliphatic carbocycles. The Hall–Kier alpha value is -1.10. The van der Waals surface area contributed by atoms with Crippen LogP contribution in [0.2, 0.25) is 0 Å². The van der Waals surface area contributed by atoms with Crippen molar-refractivity contribution in [2.45, 2.75) is 37.9 Å². The first-order valence-electron chi connectivity index (χ1n) is 8.04. The molecular weight excluding hydrogens is 264 g/mol. The third-order valence-electron chi connectivity index (χ3n) is 4.76. The zero-order chi connectivity index (χ0) is 14.5. The number of hydrogen-bond donors (Lipinski definition) is 2. The zero-order valence-electron chi connectivity index (χ0n) is 12.8. The molecule has 1 saturated heterocycles. The molecule has 0 amide bonds. The lowest BCUT2D eigenvalue weighted by Gasteiger charge is -2.33. The Bertz CT molecular complexity index is 429. The van der Waals surface area contributed by atoms with Crippen LogP contribution in [-0.2, 0) is 11.3 Å². The molecule has 1 aromatic carbocycles. The van der Waals surface area contributed by atoms with Crippen molar-refractivity contribution in [3.05, 3.63) is 29.8 Å². The summed E-state index contributed by atoms with van der Waals surface area (Å²) in [5.41, 5.74) is 1.31. The van der Waals surface area contributed by atoms with Crippen LogP contribution in [0.1, 0.15) is 24.8 Å². The van der Waals surface area contributed by atoms with Crippen molar-refractivity contribution < 1.29 is 9.47 Å². The summed E-state index contributed by atoms with van der Waals surface area (Å²) in [5.74, 6) is 1.62. The third kappa shape index (κ3) is 3.76. The van der Waals surface area contributed by atoms with Gasteiger partial charge in [0.25, 0.3) is 0 Å². The highest BCUT2D eigenvalue weighted by Gasteiger charge is 2.34. The maximum Gasteiger partial charge on any atom is 0.118 e. The van der Waals surface area contributed by atoms with Gasteiger partial charge in [-0.05, 0) is 36.5 Å². The van der Waals surface area contributed by atoms with Crippen LogP contribution in [0.25, 0.3) is 0 Å². The molecule has 3 rings (SSSR count). The number of rotatable bonds is 5. The third-order valence-corrected chi connectivity index (χ3v) is 4.76. The molecule has 1 aliphatic heterocycles. The molecule has 0 aromatic heterocycles. The van der Waals surface area contributed by atoms with Crippen LogP contribution >= 0.6 is 0 Å². The van der Waals surface area contributed by atoms with Gasteiger partial charge in [0.15, 0.2) is 0 Å². The Labute approximate surface area is 127 Å². The number of hydrogen-bond acceptors (Lipinski definition) is 4. The minimum atomic E-state index is 0.523. The van der Waals surface area contributed by atoms with E-state index in [4.69, 9.17) is 9.47 Å². The van der Waals surface area contributed by atoms with Gasteiger partial charge in [0, 0.05) is 25.2 Å². The molecule has 21 heavy (non-hydrogen) atoms. The maximum atomic E-state index is 5.63. The largest absolute Gasteiger partial charge is 0.497 e. The molecular formula is C17H26N2O2. The van der Waals surface area contributed by atoms with E-state index >= 15 is 0 Å². The van der Waals surface area contributed by atoms with Crippen molar-refractivity contribution in [3.8, 4) is 5.75 Å². The molecule has 4 heteroatoms. The monoisotopic (exact) mass is 290 g/mol. The quantitative estimate of drug-likeness (QED) is 0.870. The highest BCUT2D eigenvalue weighted by molar-refractivity contribution is 5.27. The number of benzene rings is 1. The van der Waals surface area contributed by atoms with Gasteiger partial charge in [-0.25, -0.2) is 0 Å². The van der Waals surface area contributed by atoms with Gasteiger partial charge in [-0.15, -0.1) is 0 Å². The van der Waals surface area contributed by atoms with Gasteiger partial charge in [-0.2, -0.15) is 0 Å². The van der Waals surface area contributed by atoms with Crippen LogP contribution in [-0.4, -0.2) is 39.0 Å². The van der Waals surface area contributed by atoms with Crippen molar-refractivity contribution in [3.63, 3.8) is 0 Å². The highest BCUT2D eigenvalue weighted by Crippen LogP contribution is 2.29. The van der Waals surface area contributed by atoms with Gasteiger partial charge < -0.3 is 20.1 Å². The van der Waals surface area contributed by atoms with Crippen molar-refractivity contribution in [1.29, 1.82) is 0 Å². The van der Waals surface area contributed by atoms with Crippen molar-refractivity contribution >= 4 is 0 Å². The Morgan fingerprint density at radius 2 is 2.14 bits per heavy atom. The summed E-state index contributed by atoms with van der Waals surface area (Å²) in [4.78, 5) is 0. The van der Waals surface area contributed by atoms with Gasteiger partial charge in [0.05, 0.1) is 20.3 Å². The second kappa shape index (κ2) is 7.25. The molecule has 2 N–H and O–H groups in total. The van der Waals surface area contributed by atoms with Crippen LogP contribution in [0.15, 0.2) is 24.3 Å². The molecule has 0 bridgehead atoms. The lowest BCUT2D eigenvalue weighted by atomic mass is 9.94. The fourth-order valence-electron chi connectivity index (χ4n) is 3.58. The molecule has 0 spiro atoms. The predicted octanol–water partition coefficient (Wildman–Crippen LogP) is 1.94. The molecule has 1 saturated carbocycles. The Kier molecular flexibility index (Phi) is 5.12. The minimum absolute atomic E-state index is 0.523. The molecule has 0 radical (unpaired) electrons. The van der Waals surface area contributed by atoms with E-state index in [0.29, 0.717) is 18.0 Å². The van der Waals surface area contributed by atoms with Crippen molar-refractivity contribution in [1.82, 2.24) is 10.6 Å². The fourth-order valence-corrected chi connectivity index (χ4v) is 3.58. The predicted molar refractivity (Wildman–Crippen MR) is 83.6 cm³/mol. The lowest BCUT2D eigenvalue weighted by Crippen LogP contribution is -2.50. The summed E-state index contributed by atoms with van der Waals surface area (Å²) in [5, 5.41) is 7.37. The summed E-state index contributed by atoms with van der Waals surface area (Å²) < 4.78 is 10.8. The Morgan fingerprint density at radius 1 is 1.29 bits per heavy atom. The van der Waals surface area contributed by atoms with E-state index in [9.17, 15) is 0 Å². The van der Waals surface area contributed by atoms with Crippen molar-refractivity contribution in [2.24, 2.45) is 5.92 Å². The first-order chi connectivity index (χ1) is 10.4.